The van der Waals surface area contributed by atoms with Crippen LogP contribution in [0.1, 0.15) is 29.2 Å². The normalized spacial score (nSPS) is 17.3. The Morgan fingerprint density at radius 2 is 1.21 bits per heavy atom. The largest absolute Gasteiger partial charge is 0.287 e. The standard InChI is InChI=1S/C31H28N6O/c1-23-28(29(38)37(23)30-33-35-36(34-30)22-24-14-6-2-7-15-24)32-31(25-16-8-3-9-17-25,26-18-10-4-11-19-26)27-20-12-5-13-21-27/h2-21,23,28,32H,22H2,1H3/t23-,28-/m0/s1. The third-order valence-corrected chi connectivity index (χ3v) is 7.21. The second-order valence-corrected chi connectivity index (χ2v) is 9.52. The van der Waals surface area contributed by atoms with E-state index in [4.69, 9.17) is 0 Å². The highest BCUT2D eigenvalue weighted by molar-refractivity contribution is 6.04. The number of rotatable bonds is 8. The van der Waals surface area contributed by atoms with Crippen LogP contribution in [0.5, 0.6) is 0 Å². The first-order chi connectivity index (χ1) is 18.7. The van der Waals surface area contributed by atoms with Crippen molar-refractivity contribution in [1.82, 2.24) is 25.5 Å². The Bertz CT molecular complexity index is 1410. The monoisotopic (exact) mass is 500 g/mol. The number of nitrogens with zero attached hydrogens (tertiary/aromatic N) is 5. The molecular formula is C31H28N6O. The van der Waals surface area contributed by atoms with E-state index < -0.39 is 11.6 Å². The molecule has 6 rings (SSSR count). The predicted molar refractivity (Wildman–Crippen MR) is 146 cm³/mol. The van der Waals surface area contributed by atoms with Crippen LogP contribution >= 0.6 is 0 Å². The summed E-state index contributed by atoms with van der Waals surface area (Å²) in [6.45, 7) is 2.51. The van der Waals surface area contributed by atoms with Crippen LogP contribution < -0.4 is 10.2 Å². The van der Waals surface area contributed by atoms with Crippen LogP contribution in [-0.2, 0) is 16.9 Å². The summed E-state index contributed by atoms with van der Waals surface area (Å²) in [4.78, 5) is 16.8. The number of aromatic nitrogens is 4. The van der Waals surface area contributed by atoms with Crippen molar-refractivity contribution in [2.45, 2.75) is 31.1 Å². The summed E-state index contributed by atoms with van der Waals surface area (Å²) in [5, 5.41) is 16.7. The zero-order valence-corrected chi connectivity index (χ0v) is 21.1. The molecule has 7 nitrogen and oxygen atoms in total. The number of β-lactam (4-membered cyclic amide) rings is 1. The molecule has 0 unspecified atom stereocenters. The van der Waals surface area contributed by atoms with Gasteiger partial charge < -0.3 is 0 Å². The Kier molecular flexibility index (Phi) is 6.27. The number of carbonyl (C=O) groups excluding carboxylic acids is 1. The van der Waals surface area contributed by atoms with Gasteiger partial charge in [-0.05, 0) is 34.4 Å². The molecule has 1 amide bonds. The zero-order valence-electron chi connectivity index (χ0n) is 21.1. The van der Waals surface area contributed by atoms with Crippen LogP contribution in [0, 0.1) is 0 Å². The molecule has 1 aliphatic rings. The molecule has 0 spiro atoms. The molecule has 2 atom stereocenters. The lowest BCUT2D eigenvalue weighted by atomic mass is 9.75. The molecule has 1 aliphatic heterocycles. The van der Waals surface area contributed by atoms with Gasteiger partial charge in [0.05, 0.1) is 18.1 Å². The molecule has 7 heteroatoms. The van der Waals surface area contributed by atoms with Gasteiger partial charge in [-0.1, -0.05) is 126 Å². The van der Waals surface area contributed by atoms with E-state index in [1.807, 2.05) is 91.9 Å². The molecule has 0 radical (unpaired) electrons. The van der Waals surface area contributed by atoms with Gasteiger partial charge in [-0.3, -0.25) is 15.0 Å². The maximum absolute atomic E-state index is 13.7. The van der Waals surface area contributed by atoms with E-state index in [2.05, 4.69) is 57.1 Å². The van der Waals surface area contributed by atoms with E-state index in [0.29, 0.717) is 12.5 Å². The third kappa shape index (κ3) is 4.17. The first-order valence-electron chi connectivity index (χ1n) is 12.8. The van der Waals surface area contributed by atoms with Gasteiger partial charge in [0.25, 0.3) is 5.95 Å². The molecular weight excluding hydrogens is 472 g/mol. The maximum Gasteiger partial charge on any atom is 0.273 e. The minimum atomic E-state index is -0.733. The molecule has 0 saturated carbocycles. The smallest absolute Gasteiger partial charge is 0.273 e. The van der Waals surface area contributed by atoms with Gasteiger partial charge in [0.1, 0.15) is 6.04 Å². The maximum atomic E-state index is 13.7. The Labute approximate surface area is 221 Å². The fraction of sp³-hybridized carbons (Fsp3) is 0.161. The molecule has 0 bridgehead atoms. The van der Waals surface area contributed by atoms with Crippen LogP contribution in [0.3, 0.4) is 0 Å². The molecule has 38 heavy (non-hydrogen) atoms. The van der Waals surface area contributed by atoms with E-state index in [-0.39, 0.29) is 11.9 Å². The zero-order chi connectivity index (χ0) is 26.0. The van der Waals surface area contributed by atoms with Crippen LogP contribution in [0.2, 0.25) is 0 Å². The summed E-state index contributed by atoms with van der Waals surface area (Å²) in [6, 6.07) is 40.2. The Morgan fingerprint density at radius 1 is 0.737 bits per heavy atom. The molecule has 0 aliphatic carbocycles. The summed E-state index contributed by atoms with van der Waals surface area (Å²) >= 11 is 0. The Morgan fingerprint density at radius 3 is 1.68 bits per heavy atom. The van der Waals surface area contributed by atoms with Gasteiger partial charge in [0, 0.05) is 0 Å². The van der Waals surface area contributed by atoms with Crippen molar-refractivity contribution in [1.29, 1.82) is 0 Å². The number of carbonyl (C=O) groups is 1. The van der Waals surface area contributed by atoms with Crippen molar-refractivity contribution in [3.8, 4) is 0 Å². The van der Waals surface area contributed by atoms with Crippen molar-refractivity contribution >= 4 is 11.9 Å². The van der Waals surface area contributed by atoms with Gasteiger partial charge in [0.15, 0.2) is 0 Å². The summed E-state index contributed by atoms with van der Waals surface area (Å²) in [6.07, 6.45) is 0. The minimum Gasteiger partial charge on any atom is -0.287 e. The highest BCUT2D eigenvalue weighted by Gasteiger charge is 2.51. The number of anilines is 1. The van der Waals surface area contributed by atoms with Crippen LogP contribution in [0.15, 0.2) is 121 Å². The number of amides is 1. The predicted octanol–water partition coefficient (Wildman–Crippen LogP) is 4.41. The fourth-order valence-electron chi connectivity index (χ4n) is 5.28. The third-order valence-electron chi connectivity index (χ3n) is 7.21. The molecule has 2 heterocycles. The fourth-order valence-corrected chi connectivity index (χ4v) is 5.28. The average molecular weight is 501 g/mol. The average Bonchev–Trinajstić information content (AvgIpc) is 3.43. The summed E-state index contributed by atoms with van der Waals surface area (Å²) in [5.74, 6) is 0.241. The molecule has 5 aromatic rings. The molecule has 1 N–H and O–H groups in total. The van der Waals surface area contributed by atoms with Gasteiger partial charge in [-0.15, -0.1) is 5.10 Å². The van der Waals surface area contributed by atoms with Crippen LogP contribution in [0.4, 0.5) is 5.95 Å². The van der Waals surface area contributed by atoms with Crippen LogP contribution in [0.25, 0.3) is 0 Å². The molecule has 4 aromatic carbocycles. The van der Waals surface area contributed by atoms with E-state index in [9.17, 15) is 4.79 Å². The summed E-state index contributed by atoms with van der Waals surface area (Å²) < 4.78 is 0. The Hall–Kier alpha value is -4.62. The number of tetrazole rings is 1. The van der Waals surface area contributed by atoms with Crippen molar-refractivity contribution in [2.75, 3.05) is 4.90 Å². The number of hydrogen-bond donors (Lipinski definition) is 1. The molecule has 1 fully saturated rings. The van der Waals surface area contributed by atoms with Gasteiger partial charge >= 0.3 is 0 Å². The van der Waals surface area contributed by atoms with Gasteiger partial charge in [-0.25, -0.2) is 0 Å². The SMILES string of the molecule is C[C@H]1[C@H](NC(c2ccccc2)(c2ccccc2)c2ccccc2)C(=O)N1c1nnn(Cc2ccccc2)n1. The second-order valence-electron chi connectivity index (χ2n) is 9.52. The summed E-state index contributed by atoms with van der Waals surface area (Å²) in [7, 11) is 0. The van der Waals surface area contributed by atoms with E-state index in [1.165, 1.54) is 4.80 Å². The second kappa shape index (κ2) is 10.0. The minimum absolute atomic E-state index is 0.0797. The van der Waals surface area contributed by atoms with E-state index >= 15 is 0 Å². The lowest BCUT2D eigenvalue weighted by molar-refractivity contribution is -0.127. The van der Waals surface area contributed by atoms with Gasteiger partial charge in [0.2, 0.25) is 5.91 Å². The molecule has 1 aromatic heterocycles. The molecule has 188 valence electrons. The van der Waals surface area contributed by atoms with Crippen molar-refractivity contribution in [2.24, 2.45) is 0 Å². The van der Waals surface area contributed by atoms with Crippen molar-refractivity contribution in [3.05, 3.63) is 144 Å². The topological polar surface area (TPSA) is 75.9 Å². The lowest BCUT2D eigenvalue weighted by Gasteiger charge is -2.49. The van der Waals surface area contributed by atoms with Crippen molar-refractivity contribution < 1.29 is 4.79 Å². The quantitative estimate of drug-likeness (QED) is 0.252. The van der Waals surface area contributed by atoms with E-state index in [0.717, 1.165) is 22.3 Å². The first-order valence-corrected chi connectivity index (χ1v) is 12.8. The lowest BCUT2D eigenvalue weighted by Crippen LogP contribution is -2.72. The Balaban J connectivity index is 1.33. The first kappa shape index (κ1) is 23.8. The van der Waals surface area contributed by atoms with E-state index in [1.54, 1.807) is 4.90 Å². The molecule has 1 saturated heterocycles. The summed E-state index contributed by atoms with van der Waals surface area (Å²) in [5.41, 5.74) is 3.51. The van der Waals surface area contributed by atoms with Crippen molar-refractivity contribution in [3.63, 3.8) is 0 Å². The highest BCUT2D eigenvalue weighted by Crippen LogP contribution is 2.39. The highest BCUT2D eigenvalue weighted by atomic mass is 16.2. The number of nitrogens with one attached hydrogen (secondary N) is 1. The number of hydrogen-bond acceptors (Lipinski definition) is 5. The van der Waals surface area contributed by atoms with Gasteiger partial charge in [-0.2, -0.15) is 4.80 Å². The number of benzene rings is 4. The van der Waals surface area contributed by atoms with Crippen LogP contribution in [-0.4, -0.2) is 38.2 Å².